The lowest BCUT2D eigenvalue weighted by Crippen LogP contribution is -2.10. The monoisotopic (exact) mass is 317 g/mol. The van der Waals surface area contributed by atoms with Crippen LogP contribution < -0.4 is 9.47 Å². The van der Waals surface area contributed by atoms with Crippen LogP contribution in [0.4, 0.5) is 0 Å². The molecule has 0 saturated heterocycles. The fraction of sp³-hybridized carbons (Fsp3) is 0.190. The highest BCUT2D eigenvalue weighted by Gasteiger charge is 2.08. The average molecular weight is 317 g/mol. The van der Waals surface area contributed by atoms with E-state index in [9.17, 15) is 5.26 Å². The minimum atomic E-state index is 0.389. The van der Waals surface area contributed by atoms with Crippen LogP contribution in [0.1, 0.15) is 16.7 Å². The first kappa shape index (κ1) is 15.9. The second kappa shape index (κ2) is 7.06. The Morgan fingerprint density at radius 2 is 1.67 bits per heavy atom. The van der Waals surface area contributed by atoms with Crippen LogP contribution in [0.5, 0.6) is 11.5 Å². The summed E-state index contributed by atoms with van der Waals surface area (Å²) in [7, 11) is 0. The molecule has 0 N–H and O–H groups in total. The molecule has 3 rings (SSSR count). The molecular formula is C21H19NO2. The zero-order valence-electron chi connectivity index (χ0n) is 13.9. The summed E-state index contributed by atoms with van der Waals surface area (Å²) in [4.78, 5) is 0. The van der Waals surface area contributed by atoms with Crippen molar-refractivity contribution in [1.82, 2.24) is 0 Å². The van der Waals surface area contributed by atoms with Crippen molar-refractivity contribution in [3.05, 3.63) is 71.3 Å². The Morgan fingerprint density at radius 1 is 0.875 bits per heavy atom. The standard InChI is InChI=1S/C21H19NO2/c1-15-7-9-18(13-16(15)2)23-11-12-24-21-10-8-17-5-3-4-6-19(17)20(21)14-22/h3-10,13H,11-12H2,1-2H3. The summed E-state index contributed by atoms with van der Waals surface area (Å²) in [6.45, 7) is 4.96. The largest absolute Gasteiger partial charge is 0.490 e. The highest BCUT2D eigenvalue weighted by Crippen LogP contribution is 2.27. The van der Waals surface area contributed by atoms with Crippen LogP contribution >= 0.6 is 0 Å². The van der Waals surface area contributed by atoms with E-state index in [1.54, 1.807) is 0 Å². The van der Waals surface area contributed by atoms with Gasteiger partial charge in [-0.2, -0.15) is 5.26 Å². The van der Waals surface area contributed by atoms with Crippen molar-refractivity contribution in [3.8, 4) is 17.6 Å². The van der Waals surface area contributed by atoms with Crippen molar-refractivity contribution in [1.29, 1.82) is 5.26 Å². The molecule has 0 bridgehead atoms. The SMILES string of the molecule is Cc1ccc(OCCOc2ccc3ccccc3c2C#N)cc1C. The van der Waals surface area contributed by atoms with Gasteiger partial charge in [-0.1, -0.05) is 36.4 Å². The van der Waals surface area contributed by atoms with E-state index in [4.69, 9.17) is 9.47 Å². The molecule has 0 atom stereocenters. The first-order chi connectivity index (χ1) is 11.7. The molecule has 3 heteroatoms. The number of hydrogen-bond acceptors (Lipinski definition) is 3. The molecule has 0 aliphatic carbocycles. The molecule has 0 aromatic heterocycles. The molecule has 0 radical (unpaired) electrons. The van der Waals surface area contributed by atoms with E-state index < -0.39 is 0 Å². The van der Waals surface area contributed by atoms with Gasteiger partial charge in [0.1, 0.15) is 36.3 Å². The Bertz CT molecular complexity index is 909. The molecule has 0 fully saturated rings. The lowest BCUT2D eigenvalue weighted by Gasteiger charge is -2.11. The van der Waals surface area contributed by atoms with Gasteiger partial charge in [0.25, 0.3) is 0 Å². The van der Waals surface area contributed by atoms with Gasteiger partial charge in [-0.15, -0.1) is 0 Å². The zero-order valence-corrected chi connectivity index (χ0v) is 13.9. The number of benzene rings is 3. The van der Waals surface area contributed by atoms with E-state index in [-0.39, 0.29) is 0 Å². The van der Waals surface area contributed by atoms with Crippen molar-refractivity contribution < 1.29 is 9.47 Å². The molecular weight excluding hydrogens is 298 g/mol. The minimum absolute atomic E-state index is 0.389. The number of rotatable bonds is 5. The summed E-state index contributed by atoms with van der Waals surface area (Å²) < 4.78 is 11.5. The second-order valence-corrected chi connectivity index (χ2v) is 5.71. The van der Waals surface area contributed by atoms with Crippen molar-refractivity contribution in [2.45, 2.75) is 13.8 Å². The van der Waals surface area contributed by atoms with Crippen LogP contribution in [0.3, 0.4) is 0 Å². The molecule has 0 unspecified atom stereocenters. The summed E-state index contributed by atoms with van der Waals surface area (Å²) >= 11 is 0. The van der Waals surface area contributed by atoms with Crippen LogP contribution in [0.15, 0.2) is 54.6 Å². The predicted octanol–water partition coefficient (Wildman–Crippen LogP) is 4.79. The topological polar surface area (TPSA) is 42.2 Å². The molecule has 3 aromatic rings. The van der Waals surface area contributed by atoms with Gasteiger partial charge in [0.05, 0.1) is 0 Å². The van der Waals surface area contributed by atoms with Crippen LogP contribution in [-0.2, 0) is 0 Å². The Labute approximate surface area is 142 Å². The molecule has 0 spiro atoms. The van der Waals surface area contributed by atoms with Crippen LogP contribution in [-0.4, -0.2) is 13.2 Å². The molecule has 0 aliphatic rings. The molecule has 3 nitrogen and oxygen atoms in total. The Kier molecular flexibility index (Phi) is 4.67. The summed E-state index contributed by atoms with van der Waals surface area (Å²) in [5.74, 6) is 1.43. The molecule has 24 heavy (non-hydrogen) atoms. The maximum atomic E-state index is 9.45. The van der Waals surface area contributed by atoms with Crippen molar-refractivity contribution >= 4 is 10.8 Å². The van der Waals surface area contributed by atoms with Gasteiger partial charge in [0, 0.05) is 5.39 Å². The number of aryl methyl sites for hydroxylation is 2. The Morgan fingerprint density at radius 3 is 2.46 bits per heavy atom. The van der Waals surface area contributed by atoms with E-state index in [1.165, 1.54) is 11.1 Å². The molecule has 0 heterocycles. The third kappa shape index (κ3) is 3.33. The van der Waals surface area contributed by atoms with Crippen LogP contribution in [0, 0.1) is 25.2 Å². The maximum Gasteiger partial charge on any atom is 0.137 e. The normalized spacial score (nSPS) is 10.4. The fourth-order valence-corrected chi connectivity index (χ4v) is 2.60. The number of ether oxygens (including phenoxy) is 2. The number of nitriles is 1. The molecule has 120 valence electrons. The van der Waals surface area contributed by atoms with Gasteiger partial charge in [0.15, 0.2) is 0 Å². The van der Waals surface area contributed by atoms with E-state index >= 15 is 0 Å². The zero-order chi connectivity index (χ0) is 16.9. The van der Waals surface area contributed by atoms with Gasteiger partial charge in [-0.3, -0.25) is 0 Å². The van der Waals surface area contributed by atoms with Gasteiger partial charge < -0.3 is 9.47 Å². The highest BCUT2D eigenvalue weighted by molar-refractivity contribution is 5.90. The van der Waals surface area contributed by atoms with Gasteiger partial charge in [-0.25, -0.2) is 0 Å². The van der Waals surface area contributed by atoms with Crippen LogP contribution in [0.25, 0.3) is 10.8 Å². The number of nitrogens with zero attached hydrogens (tertiary/aromatic N) is 1. The van der Waals surface area contributed by atoms with Crippen LogP contribution in [0.2, 0.25) is 0 Å². The summed E-state index contributed by atoms with van der Waals surface area (Å²) in [5.41, 5.74) is 3.02. The van der Waals surface area contributed by atoms with E-state index in [1.807, 2.05) is 54.6 Å². The maximum absolute atomic E-state index is 9.45. The molecule has 0 saturated carbocycles. The predicted molar refractivity (Wildman–Crippen MR) is 95.6 cm³/mol. The molecule has 0 amide bonds. The minimum Gasteiger partial charge on any atom is -0.490 e. The fourth-order valence-electron chi connectivity index (χ4n) is 2.60. The second-order valence-electron chi connectivity index (χ2n) is 5.71. The quantitative estimate of drug-likeness (QED) is 0.636. The first-order valence-corrected chi connectivity index (χ1v) is 7.94. The van der Waals surface area contributed by atoms with E-state index in [2.05, 4.69) is 19.9 Å². The first-order valence-electron chi connectivity index (χ1n) is 7.94. The Hall–Kier alpha value is -2.99. The number of hydrogen-bond donors (Lipinski definition) is 0. The highest BCUT2D eigenvalue weighted by atomic mass is 16.5. The third-order valence-electron chi connectivity index (χ3n) is 4.09. The lowest BCUT2D eigenvalue weighted by molar-refractivity contribution is 0.217. The van der Waals surface area contributed by atoms with Gasteiger partial charge >= 0.3 is 0 Å². The van der Waals surface area contributed by atoms with E-state index in [0.29, 0.717) is 24.5 Å². The summed E-state index contributed by atoms with van der Waals surface area (Å²) in [6, 6.07) is 19.9. The molecule has 3 aromatic carbocycles. The summed E-state index contributed by atoms with van der Waals surface area (Å²) in [5, 5.41) is 11.4. The van der Waals surface area contributed by atoms with Crippen molar-refractivity contribution in [3.63, 3.8) is 0 Å². The van der Waals surface area contributed by atoms with Gasteiger partial charge in [0.2, 0.25) is 0 Å². The van der Waals surface area contributed by atoms with Crippen molar-refractivity contribution in [2.75, 3.05) is 13.2 Å². The smallest absolute Gasteiger partial charge is 0.137 e. The average Bonchev–Trinajstić information content (AvgIpc) is 2.61. The number of fused-ring (bicyclic) bond motifs is 1. The summed E-state index contributed by atoms with van der Waals surface area (Å²) in [6.07, 6.45) is 0. The third-order valence-corrected chi connectivity index (χ3v) is 4.09. The van der Waals surface area contributed by atoms with Crippen molar-refractivity contribution in [2.24, 2.45) is 0 Å². The Balaban J connectivity index is 1.65. The molecule has 0 aliphatic heterocycles. The van der Waals surface area contributed by atoms with Gasteiger partial charge in [-0.05, 0) is 48.6 Å². The lowest BCUT2D eigenvalue weighted by atomic mass is 10.0. The van der Waals surface area contributed by atoms with E-state index in [0.717, 1.165) is 16.5 Å².